The molecule has 49 heavy (non-hydrogen) atoms. The van der Waals surface area contributed by atoms with Crippen molar-refractivity contribution in [3.63, 3.8) is 0 Å². The molecule has 0 heterocycles. The molecule has 0 saturated carbocycles. The Kier molecular flexibility index (Phi) is 14.4. The molecule has 0 aliphatic heterocycles. The Hall–Kier alpha value is -1.79. The van der Waals surface area contributed by atoms with Crippen LogP contribution in [0.25, 0.3) is 32.3 Å². The molecule has 0 aromatic heterocycles. The summed E-state index contributed by atoms with van der Waals surface area (Å²) in [5.74, 6) is -1.37. The number of hydrogen-bond donors (Lipinski definition) is 2. The summed E-state index contributed by atoms with van der Waals surface area (Å²) in [6.45, 7) is -0.803. The Morgan fingerprint density at radius 2 is 1.12 bits per heavy atom. The Morgan fingerprint density at radius 1 is 0.714 bits per heavy atom. The molecule has 242 valence electrons. The fourth-order valence-corrected chi connectivity index (χ4v) is 7.12. The third-order valence-corrected chi connectivity index (χ3v) is 9.45. The van der Waals surface area contributed by atoms with E-state index in [1.54, 1.807) is 0 Å². The molecular weight excluding hydrogens is 741 g/mol. The monoisotopic (exact) mass is 760 g/mol. The van der Waals surface area contributed by atoms with Crippen LogP contribution in [0.3, 0.4) is 0 Å². The number of benzene rings is 5. The quantitative estimate of drug-likeness (QED) is 0.0441. The molecule has 16 nitrogen and oxygen atoms in total. The molecule has 5 rings (SSSR count). The number of methoxy groups -OCH3 is 2. The molecule has 0 atom stereocenters. The van der Waals surface area contributed by atoms with Gasteiger partial charge < -0.3 is 33.0 Å². The summed E-state index contributed by atoms with van der Waals surface area (Å²) in [6.07, 6.45) is 1.18. The van der Waals surface area contributed by atoms with Crippen molar-refractivity contribution in [2.24, 2.45) is 5.10 Å². The van der Waals surface area contributed by atoms with Crippen molar-refractivity contribution in [1.29, 1.82) is 0 Å². The zero-order valence-electron chi connectivity index (χ0n) is 26.3. The van der Waals surface area contributed by atoms with Gasteiger partial charge in [0.05, 0.1) is 35.1 Å². The third-order valence-electron chi connectivity index (χ3n) is 6.82. The number of phenolic OH excluding ortho intramolecular Hbond substituents is 1. The SMILES string of the molecule is COc1cc(/C=N/NC(=O)COc2cc(S(=O)(=O)[O-])c3ccc4c(S(=O)(=O)[O-])cc(S(=O)(=O)[O-])c5ccc2c3c54)cc(OC)c1O.[Na+].[Na+].[Na+]. The summed E-state index contributed by atoms with van der Waals surface area (Å²) in [4.78, 5) is 9.54. The summed E-state index contributed by atoms with van der Waals surface area (Å²) in [5, 5.41) is 12.2. The van der Waals surface area contributed by atoms with Gasteiger partial charge in [-0.2, -0.15) is 5.10 Å². The average molecular weight is 761 g/mol. The molecule has 0 unspecified atom stereocenters. The first-order valence-corrected chi connectivity index (χ1v) is 16.7. The number of phenols is 1. The number of carbonyl (C=O) groups excluding carboxylic acids is 1. The van der Waals surface area contributed by atoms with Crippen LogP contribution in [0.1, 0.15) is 5.56 Å². The molecule has 0 aliphatic rings. The number of amides is 1. The molecule has 1 amide bonds. The van der Waals surface area contributed by atoms with Crippen molar-refractivity contribution < 1.29 is 152 Å². The third kappa shape index (κ3) is 8.82. The molecule has 0 radical (unpaired) electrons. The van der Waals surface area contributed by atoms with Gasteiger partial charge in [0, 0.05) is 37.9 Å². The van der Waals surface area contributed by atoms with E-state index in [9.17, 15) is 48.8 Å². The fourth-order valence-electron chi connectivity index (χ4n) is 4.95. The van der Waals surface area contributed by atoms with Gasteiger partial charge in [0.15, 0.2) is 18.1 Å². The van der Waals surface area contributed by atoms with Gasteiger partial charge in [-0.05, 0) is 30.3 Å². The van der Waals surface area contributed by atoms with Crippen molar-refractivity contribution in [3.8, 4) is 23.0 Å². The van der Waals surface area contributed by atoms with Crippen LogP contribution in [0.4, 0.5) is 0 Å². The number of carbonyl (C=O) groups is 1. The molecular formula is C27H19N2Na3O14S3. The number of nitrogens with one attached hydrogen (secondary N) is 1. The van der Waals surface area contributed by atoms with Gasteiger partial charge in [0.1, 0.15) is 36.1 Å². The molecule has 2 N–H and O–H groups in total. The summed E-state index contributed by atoms with van der Waals surface area (Å²) in [5.41, 5.74) is 2.51. The molecule has 22 heteroatoms. The van der Waals surface area contributed by atoms with Gasteiger partial charge in [-0.25, -0.2) is 30.7 Å². The largest absolute Gasteiger partial charge is 1.00 e. The molecule has 5 aromatic rings. The van der Waals surface area contributed by atoms with E-state index < -0.39 is 57.6 Å². The Labute approximate surface area is 345 Å². The number of ether oxygens (including phenoxy) is 3. The van der Waals surface area contributed by atoms with E-state index in [-0.39, 0.29) is 144 Å². The molecule has 0 bridgehead atoms. The van der Waals surface area contributed by atoms with Crippen molar-refractivity contribution in [2.45, 2.75) is 14.7 Å². The topological polar surface area (TPSA) is 261 Å². The second-order valence-electron chi connectivity index (χ2n) is 9.54. The van der Waals surface area contributed by atoms with E-state index in [1.807, 2.05) is 0 Å². The number of hydrogen-bond acceptors (Lipinski definition) is 15. The minimum absolute atomic E-state index is 0. The van der Waals surface area contributed by atoms with E-state index in [2.05, 4.69) is 10.5 Å². The predicted molar refractivity (Wildman–Crippen MR) is 156 cm³/mol. The summed E-state index contributed by atoms with van der Waals surface area (Å²) in [6, 6.07) is 8.42. The van der Waals surface area contributed by atoms with Gasteiger partial charge in [0.25, 0.3) is 5.91 Å². The molecule has 5 aromatic carbocycles. The van der Waals surface area contributed by atoms with Crippen LogP contribution in [0.2, 0.25) is 0 Å². The summed E-state index contributed by atoms with van der Waals surface area (Å²) < 4.78 is 125. The molecule has 0 spiro atoms. The van der Waals surface area contributed by atoms with E-state index >= 15 is 0 Å². The van der Waals surface area contributed by atoms with Gasteiger partial charge in [-0.1, -0.05) is 18.2 Å². The van der Waals surface area contributed by atoms with Crippen LogP contribution in [0, 0.1) is 0 Å². The van der Waals surface area contributed by atoms with Crippen molar-refractivity contribution in [3.05, 3.63) is 54.1 Å². The van der Waals surface area contributed by atoms with Crippen molar-refractivity contribution in [2.75, 3.05) is 20.8 Å². The second kappa shape index (κ2) is 16.3. The van der Waals surface area contributed by atoms with Gasteiger partial charge in [-0.15, -0.1) is 0 Å². The maximum atomic E-state index is 12.5. The zero-order valence-corrected chi connectivity index (χ0v) is 34.8. The van der Waals surface area contributed by atoms with E-state index in [1.165, 1.54) is 38.6 Å². The molecule has 0 fully saturated rings. The second-order valence-corrected chi connectivity index (χ2v) is 13.6. The number of nitrogens with zero attached hydrogens (tertiary/aromatic N) is 1. The van der Waals surface area contributed by atoms with Crippen LogP contribution in [0.5, 0.6) is 23.0 Å². The number of aromatic hydroxyl groups is 1. The summed E-state index contributed by atoms with van der Waals surface area (Å²) >= 11 is 0. The first-order chi connectivity index (χ1) is 21.5. The van der Waals surface area contributed by atoms with Crippen LogP contribution in [0.15, 0.2) is 68.3 Å². The average Bonchev–Trinajstić information content (AvgIpc) is 2.97. The zero-order chi connectivity index (χ0) is 33.8. The van der Waals surface area contributed by atoms with E-state index in [0.717, 1.165) is 24.3 Å². The Bertz CT molecular complexity index is 2360. The number of rotatable bonds is 10. The first kappa shape index (κ1) is 43.4. The van der Waals surface area contributed by atoms with Gasteiger partial charge in [-0.3, -0.25) is 4.79 Å². The van der Waals surface area contributed by atoms with Crippen LogP contribution in [-0.2, 0) is 35.1 Å². The van der Waals surface area contributed by atoms with Crippen LogP contribution in [-0.4, -0.2) is 77.0 Å². The van der Waals surface area contributed by atoms with Gasteiger partial charge >= 0.3 is 88.7 Å². The predicted octanol–water partition coefficient (Wildman–Crippen LogP) is -7.44. The molecule has 0 saturated heterocycles. The summed E-state index contributed by atoms with van der Waals surface area (Å²) in [7, 11) is -13.4. The maximum Gasteiger partial charge on any atom is 1.00 e. The van der Waals surface area contributed by atoms with E-state index in [0.29, 0.717) is 11.6 Å². The number of hydrazone groups is 1. The van der Waals surface area contributed by atoms with E-state index in [4.69, 9.17) is 14.2 Å². The minimum Gasteiger partial charge on any atom is -0.744 e. The standard InChI is InChI=1S/C27H22N2O14S3.3Na/c1-41-19-7-13(8-20(42-2)27(19)31)11-28-29-24(30)12-43-18-9-21(44(32,33)34)15-5-6-17-23(46(38,39)40)10-22(45(35,36)37)16-4-3-14(18)25(15)26(16)17;;;/h3-11,31H,12H2,1-2H3,(H,29,30)(H,32,33,34)(H,35,36,37)(H,38,39,40);;;/q;3*+1/p-3/b28-11+;;;. The van der Waals surface area contributed by atoms with Crippen molar-refractivity contribution >= 4 is 74.8 Å². The minimum atomic E-state index is -5.38. The Morgan fingerprint density at radius 3 is 1.55 bits per heavy atom. The van der Waals surface area contributed by atoms with Crippen LogP contribution < -0.4 is 108 Å². The van der Waals surface area contributed by atoms with Gasteiger partial charge in [0.2, 0.25) is 5.75 Å². The first-order valence-electron chi connectivity index (χ1n) is 12.5. The van der Waals surface area contributed by atoms with Crippen LogP contribution >= 0.6 is 0 Å². The Balaban J connectivity index is 0.00000278. The fraction of sp³-hybridized carbons (Fsp3) is 0.111. The molecule has 0 aliphatic carbocycles. The maximum absolute atomic E-state index is 12.5. The van der Waals surface area contributed by atoms with Crippen molar-refractivity contribution in [1.82, 2.24) is 5.43 Å². The normalized spacial score (nSPS) is 11.9. The smallest absolute Gasteiger partial charge is 0.744 e.